The van der Waals surface area contributed by atoms with Gasteiger partial charge in [0.1, 0.15) is 6.04 Å². The van der Waals surface area contributed by atoms with E-state index in [1.165, 1.54) is 32.8 Å². The van der Waals surface area contributed by atoms with E-state index in [9.17, 15) is 4.79 Å². The maximum absolute atomic E-state index is 12.5. The molecule has 2 fully saturated rings. The average Bonchev–Trinajstić information content (AvgIpc) is 2.70. The Kier molecular flexibility index (Phi) is 11.4. The predicted octanol–water partition coefficient (Wildman–Crippen LogP) is 6.96. The van der Waals surface area contributed by atoms with Crippen LogP contribution in [-0.2, 0) is 18.6 Å². The largest absolute Gasteiger partial charge is 0.468 e. The quantitative estimate of drug-likeness (QED) is 0.276. The maximum Gasteiger partial charge on any atom is 0.323 e. The van der Waals surface area contributed by atoms with Gasteiger partial charge in [0, 0.05) is 0 Å². The first-order valence-corrected chi connectivity index (χ1v) is 14.2. The summed E-state index contributed by atoms with van der Waals surface area (Å²) in [5.41, 5.74) is 0. The van der Waals surface area contributed by atoms with E-state index in [-0.39, 0.29) is 24.1 Å². The summed E-state index contributed by atoms with van der Waals surface area (Å²) in [4.78, 5) is 12.5. The van der Waals surface area contributed by atoms with Crippen LogP contribution in [0.2, 0.25) is 0 Å². The second-order valence-corrected chi connectivity index (χ2v) is 12.8. The topological polar surface area (TPSA) is 56.8 Å². The molecule has 0 amide bonds. The standard InChI is InChI=1S/C26H50NO4P/c1-16(2)21-12-10-19(7)14-23(21)30-32(27-25(18(5)6)26(28)29-9)31-24-15-20(8)11-13-22(24)17(3)4/h16-25,27H,10-15H2,1-9H3/t19-,20-,21+,22+,23-,24-,25+/m1/s1. The fraction of sp³-hybridized carbons (Fsp3) is 0.962. The number of carbonyl (C=O) groups excluding carboxylic acids is 1. The third-order valence-corrected chi connectivity index (χ3v) is 9.16. The Bertz CT molecular complexity index is 536. The molecule has 0 heterocycles. The highest BCUT2D eigenvalue weighted by atomic mass is 31.2. The number of methoxy groups -OCH3 is 1. The highest BCUT2D eigenvalue weighted by Gasteiger charge is 2.39. The van der Waals surface area contributed by atoms with E-state index in [1.807, 2.05) is 13.8 Å². The first kappa shape index (κ1) is 28.0. The lowest BCUT2D eigenvalue weighted by Gasteiger charge is -2.42. The Morgan fingerprint density at radius 3 is 1.59 bits per heavy atom. The van der Waals surface area contributed by atoms with Gasteiger partial charge in [-0.1, -0.05) is 68.2 Å². The van der Waals surface area contributed by atoms with Crippen LogP contribution in [0.5, 0.6) is 0 Å². The van der Waals surface area contributed by atoms with Gasteiger partial charge in [0.25, 0.3) is 8.53 Å². The van der Waals surface area contributed by atoms with E-state index in [4.69, 9.17) is 13.8 Å². The number of nitrogens with one attached hydrogen (secondary N) is 1. The molecule has 32 heavy (non-hydrogen) atoms. The van der Waals surface area contributed by atoms with Crippen LogP contribution in [0.3, 0.4) is 0 Å². The number of ether oxygens (including phenoxy) is 1. The molecule has 0 spiro atoms. The van der Waals surface area contributed by atoms with Crippen molar-refractivity contribution in [1.29, 1.82) is 0 Å². The molecule has 2 rings (SSSR count). The minimum Gasteiger partial charge on any atom is -0.468 e. The first-order valence-electron chi connectivity index (χ1n) is 13.0. The van der Waals surface area contributed by atoms with Gasteiger partial charge in [-0.3, -0.25) is 4.79 Å². The van der Waals surface area contributed by atoms with Crippen molar-refractivity contribution in [1.82, 2.24) is 5.09 Å². The van der Waals surface area contributed by atoms with Gasteiger partial charge in [0.15, 0.2) is 0 Å². The van der Waals surface area contributed by atoms with Gasteiger partial charge in [0.05, 0.1) is 19.3 Å². The van der Waals surface area contributed by atoms with E-state index in [0.717, 1.165) is 12.8 Å². The van der Waals surface area contributed by atoms with Crippen molar-refractivity contribution in [3.63, 3.8) is 0 Å². The van der Waals surface area contributed by atoms with E-state index < -0.39 is 14.6 Å². The van der Waals surface area contributed by atoms with Crippen molar-refractivity contribution in [2.75, 3.05) is 7.11 Å². The van der Waals surface area contributed by atoms with Gasteiger partial charge in [-0.25, -0.2) is 5.09 Å². The van der Waals surface area contributed by atoms with E-state index in [2.05, 4.69) is 46.6 Å². The van der Waals surface area contributed by atoms with E-state index >= 15 is 0 Å². The molecule has 7 atom stereocenters. The molecule has 0 bridgehead atoms. The van der Waals surface area contributed by atoms with Crippen LogP contribution in [0.4, 0.5) is 0 Å². The van der Waals surface area contributed by atoms with Crippen LogP contribution in [0, 0.1) is 41.4 Å². The summed E-state index contributed by atoms with van der Waals surface area (Å²) in [5.74, 6) is 3.38. The zero-order valence-electron chi connectivity index (χ0n) is 22.1. The lowest BCUT2D eigenvalue weighted by atomic mass is 9.75. The lowest BCUT2D eigenvalue weighted by Crippen LogP contribution is -2.43. The Morgan fingerprint density at radius 1 is 0.812 bits per heavy atom. The highest BCUT2D eigenvalue weighted by Crippen LogP contribution is 2.48. The molecule has 0 aromatic heterocycles. The molecule has 0 unspecified atom stereocenters. The van der Waals surface area contributed by atoms with Crippen molar-refractivity contribution in [2.24, 2.45) is 41.4 Å². The Balaban J connectivity index is 2.25. The van der Waals surface area contributed by atoms with Gasteiger partial charge in [-0.15, -0.1) is 0 Å². The van der Waals surface area contributed by atoms with Gasteiger partial charge < -0.3 is 13.8 Å². The summed E-state index contributed by atoms with van der Waals surface area (Å²) in [6.45, 7) is 17.9. The van der Waals surface area contributed by atoms with Gasteiger partial charge in [-0.2, -0.15) is 0 Å². The highest BCUT2D eigenvalue weighted by molar-refractivity contribution is 7.45. The Morgan fingerprint density at radius 2 is 1.25 bits per heavy atom. The molecule has 0 aliphatic heterocycles. The summed E-state index contributed by atoms with van der Waals surface area (Å²) < 4.78 is 18.7. The van der Waals surface area contributed by atoms with Crippen molar-refractivity contribution < 1.29 is 18.6 Å². The van der Waals surface area contributed by atoms with E-state index in [0.29, 0.717) is 35.5 Å². The van der Waals surface area contributed by atoms with Crippen molar-refractivity contribution in [3.8, 4) is 0 Å². The van der Waals surface area contributed by atoms with Gasteiger partial charge >= 0.3 is 5.97 Å². The second kappa shape index (κ2) is 13.0. The molecular weight excluding hydrogens is 421 g/mol. The van der Waals surface area contributed by atoms with Crippen molar-refractivity contribution in [2.45, 2.75) is 112 Å². The Hall–Kier alpha value is -0.220. The summed E-state index contributed by atoms with van der Waals surface area (Å²) in [6, 6.07) is -0.428. The second-order valence-electron chi connectivity index (χ2n) is 11.6. The minimum atomic E-state index is -1.41. The third kappa shape index (κ3) is 7.93. The van der Waals surface area contributed by atoms with Crippen LogP contribution in [0.25, 0.3) is 0 Å². The molecule has 2 aliphatic rings. The number of hydrogen-bond acceptors (Lipinski definition) is 5. The zero-order chi connectivity index (χ0) is 24.0. The molecule has 2 saturated carbocycles. The van der Waals surface area contributed by atoms with Gasteiger partial charge in [-0.05, 0) is 67.1 Å². The van der Waals surface area contributed by atoms with Crippen LogP contribution in [0.15, 0.2) is 0 Å². The lowest BCUT2D eigenvalue weighted by molar-refractivity contribution is -0.143. The molecule has 0 saturated heterocycles. The number of carbonyl (C=O) groups is 1. The van der Waals surface area contributed by atoms with Crippen LogP contribution in [-0.4, -0.2) is 31.3 Å². The summed E-state index contributed by atoms with van der Waals surface area (Å²) in [6.07, 6.45) is 7.39. The molecule has 0 aromatic carbocycles. The average molecular weight is 472 g/mol. The third-order valence-electron chi connectivity index (χ3n) is 7.75. The fourth-order valence-corrected chi connectivity index (χ4v) is 7.30. The van der Waals surface area contributed by atoms with Crippen molar-refractivity contribution >= 4 is 14.5 Å². The molecule has 0 aromatic rings. The Labute approximate surface area is 199 Å². The smallest absolute Gasteiger partial charge is 0.323 e. The maximum atomic E-state index is 12.5. The molecule has 2 aliphatic carbocycles. The SMILES string of the molecule is COC(=O)[C@@H](NP(O[C@@H]1C[C@H](C)CC[C@H]1C(C)C)O[C@@H]1C[C@H](C)CC[C@H]1C(C)C)C(C)C. The van der Waals surface area contributed by atoms with Gasteiger partial charge in [0.2, 0.25) is 0 Å². The van der Waals surface area contributed by atoms with Crippen molar-refractivity contribution in [3.05, 3.63) is 0 Å². The molecule has 0 radical (unpaired) electrons. The predicted molar refractivity (Wildman–Crippen MR) is 133 cm³/mol. The monoisotopic (exact) mass is 471 g/mol. The zero-order valence-corrected chi connectivity index (χ0v) is 23.0. The summed E-state index contributed by atoms with van der Waals surface area (Å²) in [7, 11) is 0.0489. The number of hydrogen-bond donors (Lipinski definition) is 1. The fourth-order valence-electron chi connectivity index (χ4n) is 5.52. The molecule has 1 N–H and O–H groups in total. The molecule has 6 heteroatoms. The minimum absolute atomic E-state index is 0.0944. The normalized spacial score (nSPS) is 32.7. The first-order chi connectivity index (χ1) is 15.0. The van der Waals surface area contributed by atoms with Crippen LogP contribution >= 0.6 is 8.53 Å². The molecule has 188 valence electrons. The van der Waals surface area contributed by atoms with E-state index in [1.54, 1.807) is 0 Å². The number of rotatable bonds is 10. The summed E-state index contributed by atoms with van der Waals surface area (Å²) in [5, 5.41) is 3.49. The molecular formula is C26H50NO4P. The van der Waals surface area contributed by atoms with Crippen LogP contribution < -0.4 is 5.09 Å². The summed E-state index contributed by atoms with van der Waals surface area (Å²) >= 11 is 0. The van der Waals surface area contributed by atoms with Crippen LogP contribution in [0.1, 0.15) is 93.9 Å². The molecule has 5 nitrogen and oxygen atoms in total. The number of esters is 1.